The summed E-state index contributed by atoms with van der Waals surface area (Å²) < 4.78 is 32.0. The molecule has 0 aromatic carbocycles. The smallest absolute Gasteiger partial charge is 0.248 e. The van der Waals surface area contributed by atoms with E-state index >= 15 is 0 Å². The van der Waals surface area contributed by atoms with E-state index in [1.807, 2.05) is 6.92 Å². The van der Waals surface area contributed by atoms with Crippen LogP contribution < -0.4 is 10.1 Å². The topological polar surface area (TPSA) is 47.0 Å². The lowest BCUT2D eigenvalue weighted by atomic mass is 9.92. The van der Waals surface area contributed by atoms with Crippen LogP contribution >= 0.6 is 15.9 Å². The molecule has 1 aliphatic rings. The summed E-state index contributed by atoms with van der Waals surface area (Å²) in [5.41, 5.74) is 0.746. The molecular weight excluding hydrogens is 320 g/mol. The monoisotopic (exact) mass is 335 g/mol. The van der Waals surface area contributed by atoms with Crippen molar-refractivity contribution in [2.75, 3.05) is 12.4 Å². The largest absolute Gasteiger partial charge is 0.480 e. The SMILES string of the molecule is COc1nc(NC2CCC(F)(F)CC2)nc(C)c1Br. The van der Waals surface area contributed by atoms with Crippen LogP contribution in [0.2, 0.25) is 0 Å². The first-order valence-electron chi connectivity index (χ1n) is 6.14. The molecule has 0 radical (unpaired) electrons. The lowest BCUT2D eigenvalue weighted by Gasteiger charge is -2.28. The molecule has 7 heteroatoms. The van der Waals surface area contributed by atoms with Crippen molar-refractivity contribution in [3.05, 3.63) is 10.2 Å². The highest BCUT2D eigenvalue weighted by atomic mass is 79.9. The van der Waals surface area contributed by atoms with E-state index in [0.29, 0.717) is 29.1 Å². The van der Waals surface area contributed by atoms with E-state index in [0.717, 1.165) is 5.69 Å². The average molecular weight is 336 g/mol. The number of halogens is 3. The van der Waals surface area contributed by atoms with Gasteiger partial charge < -0.3 is 10.1 Å². The zero-order valence-corrected chi connectivity index (χ0v) is 12.4. The summed E-state index contributed by atoms with van der Waals surface area (Å²) in [5.74, 6) is -1.66. The van der Waals surface area contributed by atoms with Gasteiger partial charge in [0.05, 0.1) is 12.8 Å². The summed E-state index contributed by atoms with van der Waals surface area (Å²) in [5, 5.41) is 3.10. The Morgan fingerprint density at radius 2 is 1.95 bits per heavy atom. The van der Waals surface area contributed by atoms with Crippen LogP contribution in [-0.2, 0) is 0 Å². The number of anilines is 1. The Kier molecular flexibility index (Phi) is 4.23. The van der Waals surface area contributed by atoms with Gasteiger partial charge in [-0.3, -0.25) is 0 Å². The van der Waals surface area contributed by atoms with Gasteiger partial charge >= 0.3 is 0 Å². The van der Waals surface area contributed by atoms with Crippen LogP contribution in [0.25, 0.3) is 0 Å². The van der Waals surface area contributed by atoms with E-state index in [1.54, 1.807) is 0 Å². The summed E-state index contributed by atoms with van der Waals surface area (Å²) in [7, 11) is 1.53. The standard InChI is InChI=1S/C12H16BrF2N3O/c1-7-9(13)10(19-2)18-11(16-7)17-8-3-5-12(14,15)6-4-8/h8H,3-6H2,1-2H3,(H,16,17,18). The summed E-state index contributed by atoms with van der Waals surface area (Å²) in [4.78, 5) is 8.48. The van der Waals surface area contributed by atoms with Gasteiger partial charge in [0, 0.05) is 18.9 Å². The van der Waals surface area contributed by atoms with E-state index in [4.69, 9.17) is 4.74 Å². The molecule has 1 aliphatic carbocycles. The van der Waals surface area contributed by atoms with Crippen LogP contribution in [0.4, 0.5) is 14.7 Å². The van der Waals surface area contributed by atoms with Crippen molar-refractivity contribution in [3.8, 4) is 5.88 Å². The second-order valence-corrected chi connectivity index (χ2v) is 5.52. The quantitative estimate of drug-likeness (QED) is 0.917. The fourth-order valence-electron chi connectivity index (χ4n) is 2.10. The molecule has 1 saturated carbocycles. The zero-order valence-electron chi connectivity index (χ0n) is 10.8. The molecule has 0 bridgehead atoms. The lowest BCUT2D eigenvalue weighted by Crippen LogP contribution is -2.32. The fraction of sp³-hybridized carbons (Fsp3) is 0.667. The number of hydrogen-bond donors (Lipinski definition) is 1. The Morgan fingerprint density at radius 3 is 2.53 bits per heavy atom. The van der Waals surface area contributed by atoms with E-state index in [1.165, 1.54) is 7.11 Å². The van der Waals surface area contributed by atoms with Crippen LogP contribution in [0, 0.1) is 6.92 Å². The Balaban J connectivity index is 2.06. The van der Waals surface area contributed by atoms with Gasteiger partial charge in [0.1, 0.15) is 4.47 Å². The highest BCUT2D eigenvalue weighted by Gasteiger charge is 2.35. The van der Waals surface area contributed by atoms with Crippen molar-refractivity contribution in [2.24, 2.45) is 0 Å². The molecule has 0 unspecified atom stereocenters. The zero-order chi connectivity index (χ0) is 14.0. The van der Waals surface area contributed by atoms with Gasteiger partial charge in [-0.2, -0.15) is 4.98 Å². The minimum atomic E-state index is -2.52. The molecule has 2 rings (SSSR count). The molecule has 0 aliphatic heterocycles. The van der Waals surface area contributed by atoms with Gasteiger partial charge in [-0.1, -0.05) is 0 Å². The number of methoxy groups -OCH3 is 1. The van der Waals surface area contributed by atoms with E-state index in [2.05, 4.69) is 31.2 Å². The third kappa shape index (κ3) is 3.52. The minimum absolute atomic E-state index is 0.00935. The maximum Gasteiger partial charge on any atom is 0.248 e. The number of nitrogens with one attached hydrogen (secondary N) is 1. The Labute approximate surface area is 119 Å². The van der Waals surface area contributed by atoms with Gasteiger partial charge in [-0.15, -0.1) is 0 Å². The highest BCUT2D eigenvalue weighted by molar-refractivity contribution is 9.10. The third-order valence-corrected chi connectivity index (χ3v) is 4.14. The van der Waals surface area contributed by atoms with Crippen molar-refractivity contribution in [3.63, 3.8) is 0 Å². The molecule has 1 fully saturated rings. The van der Waals surface area contributed by atoms with Crippen molar-refractivity contribution < 1.29 is 13.5 Å². The fourth-order valence-corrected chi connectivity index (χ4v) is 2.44. The first-order valence-corrected chi connectivity index (χ1v) is 6.93. The third-order valence-electron chi connectivity index (χ3n) is 3.23. The van der Waals surface area contributed by atoms with E-state index in [-0.39, 0.29) is 18.9 Å². The normalized spacial score (nSPS) is 19.2. The van der Waals surface area contributed by atoms with E-state index in [9.17, 15) is 8.78 Å². The molecule has 4 nitrogen and oxygen atoms in total. The predicted octanol–water partition coefficient (Wildman–Crippen LogP) is 3.55. The molecule has 0 amide bonds. The van der Waals surface area contributed by atoms with Gasteiger partial charge in [0.15, 0.2) is 0 Å². The number of rotatable bonds is 3. The molecule has 1 N–H and O–H groups in total. The number of aryl methyl sites for hydroxylation is 1. The Bertz CT molecular complexity index is 461. The first kappa shape index (κ1) is 14.4. The minimum Gasteiger partial charge on any atom is -0.480 e. The highest BCUT2D eigenvalue weighted by Crippen LogP contribution is 2.34. The summed E-state index contributed by atoms with van der Waals surface area (Å²) in [6.07, 6.45) is 0.677. The van der Waals surface area contributed by atoms with Gasteiger partial charge in [0.2, 0.25) is 17.8 Å². The number of nitrogens with zero attached hydrogens (tertiary/aromatic N) is 2. The van der Waals surface area contributed by atoms with Crippen LogP contribution in [0.15, 0.2) is 4.47 Å². The number of aromatic nitrogens is 2. The van der Waals surface area contributed by atoms with Gasteiger partial charge in [0.25, 0.3) is 0 Å². The van der Waals surface area contributed by atoms with Crippen molar-refractivity contribution in [2.45, 2.75) is 44.6 Å². The first-order chi connectivity index (χ1) is 8.91. The second kappa shape index (κ2) is 5.56. The molecule has 1 aromatic rings. The average Bonchev–Trinajstić information content (AvgIpc) is 2.36. The van der Waals surface area contributed by atoms with Crippen LogP contribution in [0.1, 0.15) is 31.4 Å². The molecule has 1 heterocycles. The molecule has 19 heavy (non-hydrogen) atoms. The van der Waals surface area contributed by atoms with Crippen LogP contribution in [0.5, 0.6) is 5.88 Å². The Morgan fingerprint density at radius 1 is 1.32 bits per heavy atom. The molecule has 0 atom stereocenters. The maximum atomic E-state index is 13.1. The van der Waals surface area contributed by atoms with Crippen molar-refractivity contribution in [1.29, 1.82) is 0 Å². The molecule has 0 saturated heterocycles. The molecule has 1 aromatic heterocycles. The number of alkyl halides is 2. The molecule has 0 spiro atoms. The lowest BCUT2D eigenvalue weighted by molar-refractivity contribution is -0.0361. The molecular formula is C12H16BrF2N3O. The Hall–Kier alpha value is -0.980. The van der Waals surface area contributed by atoms with E-state index < -0.39 is 5.92 Å². The van der Waals surface area contributed by atoms with Crippen molar-refractivity contribution in [1.82, 2.24) is 9.97 Å². The van der Waals surface area contributed by atoms with Gasteiger partial charge in [-0.05, 0) is 35.7 Å². The van der Waals surface area contributed by atoms with Crippen LogP contribution in [-0.4, -0.2) is 29.0 Å². The second-order valence-electron chi connectivity index (χ2n) is 4.73. The summed E-state index contributed by atoms with van der Waals surface area (Å²) in [6, 6.07) is -0.00935. The predicted molar refractivity (Wildman–Crippen MR) is 71.8 cm³/mol. The summed E-state index contributed by atoms with van der Waals surface area (Å²) in [6.45, 7) is 1.83. The van der Waals surface area contributed by atoms with Crippen molar-refractivity contribution >= 4 is 21.9 Å². The molecule has 106 valence electrons. The maximum absolute atomic E-state index is 13.1. The van der Waals surface area contributed by atoms with Crippen LogP contribution in [0.3, 0.4) is 0 Å². The van der Waals surface area contributed by atoms with Gasteiger partial charge in [-0.25, -0.2) is 13.8 Å². The summed E-state index contributed by atoms with van der Waals surface area (Å²) >= 11 is 3.34. The number of hydrogen-bond acceptors (Lipinski definition) is 4. The number of ether oxygens (including phenoxy) is 1.